The average molecular weight is 146 g/mol. The maximum atomic E-state index is 10.1. The monoisotopic (exact) mass is 146 g/mol. The number of nitrogens with zero attached hydrogens (tertiary/aromatic N) is 1. The quantitative estimate of drug-likeness (QED) is 0.602. The highest BCUT2D eigenvalue weighted by Gasteiger charge is 2.26. The summed E-state index contributed by atoms with van der Waals surface area (Å²) >= 11 is 0. The van der Waals surface area contributed by atoms with Crippen LogP contribution in [-0.2, 0) is 4.74 Å². The third-order valence-electron chi connectivity index (χ3n) is 1.17. The van der Waals surface area contributed by atoms with Crippen molar-refractivity contribution in [3.05, 3.63) is 4.91 Å². The summed E-state index contributed by atoms with van der Waals surface area (Å²) in [4.78, 5) is 20.1. The van der Waals surface area contributed by atoms with Crippen molar-refractivity contribution in [2.45, 2.75) is 26.0 Å². The number of nitroso groups, excluding NO2 is 1. The van der Waals surface area contributed by atoms with Gasteiger partial charge in [-0.3, -0.25) is 0 Å². The van der Waals surface area contributed by atoms with E-state index in [2.05, 4.69) is 15.6 Å². The van der Waals surface area contributed by atoms with Crippen LogP contribution in [0.1, 0.15) is 20.3 Å². The van der Waals surface area contributed by atoms with Crippen LogP contribution in [0.4, 0.5) is 4.79 Å². The number of ether oxygens (including phenoxy) is 1. The van der Waals surface area contributed by atoms with Crippen LogP contribution in [0, 0.1) is 4.91 Å². The zero-order chi connectivity index (χ0) is 8.20. The van der Waals surface area contributed by atoms with Gasteiger partial charge in [0.2, 0.25) is 5.72 Å². The molecule has 1 atom stereocenters. The first-order chi connectivity index (χ1) is 4.54. The smallest absolute Gasteiger partial charge is 0.406 e. The van der Waals surface area contributed by atoms with Crippen molar-refractivity contribution in [3.8, 4) is 0 Å². The fourth-order valence-corrected chi connectivity index (χ4v) is 0.372. The second-order valence-electron chi connectivity index (χ2n) is 2.04. The Balaban J connectivity index is 4.05. The lowest BCUT2D eigenvalue weighted by atomic mass is 10.2. The van der Waals surface area contributed by atoms with E-state index in [0.29, 0.717) is 6.42 Å². The van der Waals surface area contributed by atoms with Crippen molar-refractivity contribution in [3.63, 3.8) is 0 Å². The first-order valence-electron chi connectivity index (χ1n) is 2.87. The van der Waals surface area contributed by atoms with Crippen LogP contribution in [0.25, 0.3) is 0 Å². The van der Waals surface area contributed by atoms with Crippen molar-refractivity contribution < 1.29 is 9.53 Å². The summed E-state index contributed by atoms with van der Waals surface area (Å²) in [5.74, 6) is 0. The molecule has 0 fully saturated rings. The molecule has 0 aliphatic carbocycles. The van der Waals surface area contributed by atoms with E-state index in [1.807, 2.05) is 0 Å². The minimum absolute atomic E-state index is 0.319. The summed E-state index contributed by atoms with van der Waals surface area (Å²) in [6.07, 6.45) is -0.664. The molecule has 0 aliphatic heterocycles. The van der Waals surface area contributed by atoms with Gasteiger partial charge in [0.05, 0.1) is 0 Å². The molecule has 0 saturated carbocycles. The Morgan fingerprint density at radius 2 is 2.30 bits per heavy atom. The van der Waals surface area contributed by atoms with Crippen LogP contribution in [0.5, 0.6) is 0 Å². The van der Waals surface area contributed by atoms with E-state index in [1.165, 1.54) is 6.92 Å². The number of nitrogens with two attached hydrogens (primary N) is 1. The van der Waals surface area contributed by atoms with E-state index >= 15 is 0 Å². The number of carbonyl (C=O) groups excluding carboxylic acids is 1. The highest BCUT2D eigenvalue weighted by Crippen LogP contribution is 2.15. The van der Waals surface area contributed by atoms with Crippen molar-refractivity contribution in [1.29, 1.82) is 0 Å². The molecule has 0 radical (unpaired) electrons. The number of rotatable bonds is 3. The summed E-state index contributed by atoms with van der Waals surface area (Å²) < 4.78 is 4.40. The normalized spacial score (nSPS) is 15.4. The molecule has 0 aliphatic rings. The molecule has 2 N–H and O–H groups in total. The second-order valence-corrected chi connectivity index (χ2v) is 2.04. The molecular weight excluding hydrogens is 136 g/mol. The minimum Gasteiger partial charge on any atom is -0.418 e. The highest BCUT2D eigenvalue weighted by molar-refractivity contribution is 5.65. The van der Waals surface area contributed by atoms with E-state index in [1.54, 1.807) is 6.92 Å². The predicted molar refractivity (Wildman–Crippen MR) is 35.2 cm³/mol. The number of amides is 1. The van der Waals surface area contributed by atoms with Crippen LogP contribution in [-0.4, -0.2) is 11.8 Å². The molecule has 0 saturated heterocycles. The highest BCUT2D eigenvalue weighted by atomic mass is 16.6. The van der Waals surface area contributed by atoms with Gasteiger partial charge in [-0.15, -0.1) is 4.91 Å². The van der Waals surface area contributed by atoms with E-state index in [-0.39, 0.29) is 0 Å². The molecule has 0 heterocycles. The third kappa shape index (κ3) is 2.43. The Labute approximate surface area is 58.5 Å². The zero-order valence-electron chi connectivity index (χ0n) is 5.96. The average Bonchev–Trinajstić information content (AvgIpc) is 1.87. The Bertz CT molecular complexity index is 148. The summed E-state index contributed by atoms with van der Waals surface area (Å²) in [6.45, 7) is 3.06. The number of carbonyl (C=O) groups is 1. The summed E-state index contributed by atoms with van der Waals surface area (Å²) in [5.41, 5.74) is 3.37. The maximum absolute atomic E-state index is 10.1. The van der Waals surface area contributed by atoms with Crippen LogP contribution in [0.3, 0.4) is 0 Å². The Kier molecular flexibility index (Phi) is 2.79. The van der Waals surface area contributed by atoms with Gasteiger partial charge in [-0.25, -0.2) is 4.79 Å². The zero-order valence-corrected chi connectivity index (χ0v) is 5.96. The Hall–Kier alpha value is -1.13. The molecule has 10 heavy (non-hydrogen) atoms. The largest absolute Gasteiger partial charge is 0.418 e. The van der Waals surface area contributed by atoms with Crippen molar-refractivity contribution in [2.75, 3.05) is 0 Å². The standard InChI is InChI=1S/C5H10N2O3/c1-3-5(2,7-9)10-4(6)8/h3H2,1-2H3,(H2,6,8). The van der Waals surface area contributed by atoms with Crippen LogP contribution in [0.2, 0.25) is 0 Å². The van der Waals surface area contributed by atoms with Gasteiger partial charge in [-0.05, 0) is 5.18 Å². The Morgan fingerprint density at radius 3 is 2.40 bits per heavy atom. The van der Waals surface area contributed by atoms with E-state index in [4.69, 9.17) is 0 Å². The number of primary amides is 1. The summed E-state index contributed by atoms with van der Waals surface area (Å²) in [7, 11) is 0. The van der Waals surface area contributed by atoms with Crippen LogP contribution in [0.15, 0.2) is 5.18 Å². The van der Waals surface area contributed by atoms with Gasteiger partial charge >= 0.3 is 6.09 Å². The number of hydrogen-bond acceptors (Lipinski definition) is 4. The van der Waals surface area contributed by atoms with Crippen LogP contribution >= 0.6 is 0 Å². The van der Waals surface area contributed by atoms with Gasteiger partial charge in [0.25, 0.3) is 0 Å². The molecule has 58 valence electrons. The SMILES string of the molecule is CCC(C)(N=O)OC(N)=O. The van der Waals surface area contributed by atoms with Crippen molar-refractivity contribution in [2.24, 2.45) is 10.9 Å². The molecule has 5 nitrogen and oxygen atoms in total. The molecule has 0 spiro atoms. The van der Waals surface area contributed by atoms with Gasteiger partial charge in [0.1, 0.15) is 0 Å². The lowest BCUT2D eigenvalue weighted by Gasteiger charge is -2.17. The van der Waals surface area contributed by atoms with Gasteiger partial charge in [0, 0.05) is 13.3 Å². The van der Waals surface area contributed by atoms with Crippen molar-refractivity contribution in [1.82, 2.24) is 0 Å². The van der Waals surface area contributed by atoms with Crippen LogP contribution < -0.4 is 5.73 Å². The first-order valence-corrected chi connectivity index (χ1v) is 2.87. The van der Waals surface area contributed by atoms with Gasteiger partial charge in [-0.2, -0.15) is 0 Å². The van der Waals surface area contributed by atoms with E-state index in [0.717, 1.165) is 0 Å². The van der Waals surface area contributed by atoms with Gasteiger partial charge < -0.3 is 10.5 Å². The fraction of sp³-hybridized carbons (Fsp3) is 0.800. The summed E-state index contributed by atoms with van der Waals surface area (Å²) in [6, 6.07) is 0. The number of hydrogen-bond donors (Lipinski definition) is 1. The van der Waals surface area contributed by atoms with E-state index < -0.39 is 11.8 Å². The maximum Gasteiger partial charge on any atom is 0.406 e. The minimum atomic E-state index is -1.30. The van der Waals surface area contributed by atoms with Crippen molar-refractivity contribution >= 4 is 6.09 Å². The summed E-state index contributed by atoms with van der Waals surface area (Å²) in [5, 5.41) is 2.61. The fourth-order valence-electron chi connectivity index (χ4n) is 0.372. The third-order valence-corrected chi connectivity index (χ3v) is 1.17. The predicted octanol–water partition coefficient (Wildman–Crippen LogP) is 0.974. The molecule has 0 rings (SSSR count). The molecule has 1 unspecified atom stereocenters. The molecule has 1 amide bonds. The van der Waals surface area contributed by atoms with Gasteiger partial charge in [0.15, 0.2) is 0 Å². The Morgan fingerprint density at radius 1 is 1.80 bits per heavy atom. The lowest BCUT2D eigenvalue weighted by Crippen LogP contribution is -2.31. The molecule has 0 aromatic carbocycles. The molecule has 0 aromatic heterocycles. The topological polar surface area (TPSA) is 81.8 Å². The lowest BCUT2D eigenvalue weighted by molar-refractivity contribution is 0.0339. The van der Waals surface area contributed by atoms with Gasteiger partial charge in [-0.1, -0.05) is 6.92 Å². The second kappa shape index (κ2) is 3.14. The molecule has 0 bridgehead atoms. The first kappa shape index (κ1) is 8.87. The molecule has 5 heteroatoms. The molecule has 0 aromatic rings. The molecular formula is C5H10N2O3. The van der Waals surface area contributed by atoms with E-state index in [9.17, 15) is 9.70 Å².